The number of hydrogen-bond acceptors (Lipinski definition) is 5. The fraction of sp³-hybridized carbons (Fsp3) is 0.647. The molecule has 0 aromatic heterocycles. The SMILES string of the molecule is CCCOc1ccc(S(=O)(=O)NC[C@H]2CCCO2)cc1OCCC. The van der Waals surface area contributed by atoms with Crippen LogP contribution in [0.25, 0.3) is 0 Å². The van der Waals surface area contributed by atoms with Crippen molar-refractivity contribution < 1.29 is 22.6 Å². The maximum atomic E-state index is 12.5. The van der Waals surface area contributed by atoms with Crippen LogP contribution in [0.3, 0.4) is 0 Å². The molecule has 7 heteroatoms. The first-order valence-electron chi connectivity index (χ1n) is 8.57. The Kier molecular flexibility index (Phi) is 7.33. The molecule has 0 aliphatic carbocycles. The lowest BCUT2D eigenvalue weighted by Crippen LogP contribution is -2.31. The maximum Gasteiger partial charge on any atom is 0.240 e. The molecule has 0 amide bonds. The first-order chi connectivity index (χ1) is 11.6. The maximum absolute atomic E-state index is 12.5. The number of hydrogen-bond donors (Lipinski definition) is 1. The van der Waals surface area contributed by atoms with Crippen LogP contribution in [0, 0.1) is 0 Å². The van der Waals surface area contributed by atoms with Crippen molar-refractivity contribution in [1.82, 2.24) is 4.72 Å². The van der Waals surface area contributed by atoms with E-state index in [4.69, 9.17) is 14.2 Å². The van der Waals surface area contributed by atoms with Crippen molar-refractivity contribution in [3.63, 3.8) is 0 Å². The largest absolute Gasteiger partial charge is 0.490 e. The smallest absolute Gasteiger partial charge is 0.240 e. The van der Waals surface area contributed by atoms with Gasteiger partial charge in [-0.25, -0.2) is 13.1 Å². The van der Waals surface area contributed by atoms with Gasteiger partial charge in [0.15, 0.2) is 11.5 Å². The Morgan fingerprint density at radius 2 is 1.88 bits per heavy atom. The summed E-state index contributed by atoms with van der Waals surface area (Å²) in [6, 6.07) is 4.72. The summed E-state index contributed by atoms with van der Waals surface area (Å²) in [4.78, 5) is 0.176. The van der Waals surface area contributed by atoms with Gasteiger partial charge in [0, 0.05) is 19.2 Å². The number of rotatable bonds is 10. The molecule has 1 aromatic carbocycles. The highest BCUT2D eigenvalue weighted by molar-refractivity contribution is 7.89. The van der Waals surface area contributed by atoms with E-state index in [0.717, 1.165) is 25.7 Å². The lowest BCUT2D eigenvalue weighted by molar-refractivity contribution is 0.114. The van der Waals surface area contributed by atoms with Crippen LogP contribution in [0.15, 0.2) is 23.1 Å². The fourth-order valence-electron chi connectivity index (χ4n) is 2.40. The monoisotopic (exact) mass is 357 g/mol. The molecule has 1 N–H and O–H groups in total. The van der Waals surface area contributed by atoms with Gasteiger partial charge in [0.05, 0.1) is 24.2 Å². The van der Waals surface area contributed by atoms with E-state index in [0.29, 0.717) is 37.9 Å². The first-order valence-corrected chi connectivity index (χ1v) is 10.1. The quantitative estimate of drug-likeness (QED) is 0.697. The van der Waals surface area contributed by atoms with E-state index < -0.39 is 10.0 Å². The second-order valence-electron chi connectivity index (χ2n) is 5.79. The minimum Gasteiger partial charge on any atom is -0.490 e. The van der Waals surface area contributed by atoms with Crippen LogP contribution >= 0.6 is 0 Å². The third-order valence-corrected chi connectivity index (χ3v) is 5.10. The molecule has 1 saturated heterocycles. The molecule has 2 rings (SSSR count). The average Bonchev–Trinajstić information content (AvgIpc) is 3.10. The van der Waals surface area contributed by atoms with E-state index in [9.17, 15) is 8.42 Å². The van der Waals surface area contributed by atoms with Gasteiger partial charge < -0.3 is 14.2 Å². The highest BCUT2D eigenvalue weighted by Gasteiger charge is 2.21. The first kappa shape index (κ1) is 19.0. The molecule has 0 spiro atoms. The summed E-state index contributed by atoms with van der Waals surface area (Å²) < 4.78 is 44.3. The number of nitrogens with one attached hydrogen (secondary N) is 1. The average molecular weight is 357 g/mol. The summed E-state index contributed by atoms with van der Waals surface area (Å²) in [6.45, 7) is 6.07. The minimum absolute atomic E-state index is 0.0391. The Hall–Kier alpha value is -1.31. The number of ether oxygens (including phenoxy) is 3. The Balaban J connectivity index is 2.11. The topological polar surface area (TPSA) is 73.9 Å². The molecule has 1 aliphatic heterocycles. The lowest BCUT2D eigenvalue weighted by atomic mass is 10.2. The molecule has 1 atom stereocenters. The standard InChI is InChI=1S/C17H27NO5S/c1-3-9-22-16-8-7-15(12-17(16)23-10-4-2)24(19,20)18-13-14-6-5-11-21-14/h7-8,12,14,18H,3-6,9-11,13H2,1-2H3/t14-/m1/s1. The van der Waals surface area contributed by atoms with Gasteiger partial charge in [0.25, 0.3) is 0 Å². The molecule has 24 heavy (non-hydrogen) atoms. The molecule has 0 radical (unpaired) electrons. The third kappa shape index (κ3) is 5.36. The summed E-state index contributed by atoms with van der Waals surface area (Å²) >= 11 is 0. The van der Waals surface area contributed by atoms with Crippen molar-refractivity contribution in [3.8, 4) is 11.5 Å². The predicted molar refractivity (Wildman–Crippen MR) is 92.2 cm³/mol. The highest BCUT2D eigenvalue weighted by Crippen LogP contribution is 2.30. The lowest BCUT2D eigenvalue weighted by Gasteiger charge is -2.15. The summed E-state index contributed by atoms with van der Waals surface area (Å²) in [5.74, 6) is 1.04. The van der Waals surface area contributed by atoms with Crippen LogP contribution in [0.2, 0.25) is 0 Å². The van der Waals surface area contributed by atoms with E-state index in [2.05, 4.69) is 4.72 Å². The van der Waals surface area contributed by atoms with Crippen molar-refractivity contribution in [2.24, 2.45) is 0 Å². The zero-order chi connectivity index (χ0) is 17.4. The van der Waals surface area contributed by atoms with Crippen molar-refractivity contribution >= 4 is 10.0 Å². The molecule has 0 saturated carbocycles. The van der Waals surface area contributed by atoms with Gasteiger partial charge in [0.2, 0.25) is 10.0 Å². The van der Waals surface area contributed by atoms with Crippen LogP contribution in [-0.2, 0) is 14.8 Å². The molecule has 136 valence electrons. The number of benzene rings is 1. The predicted octanol–water partition coefficient (Wildman–Crippen LogP) is 2.72. The van der Waals surface area contributed by atoms with Crippen LogP contribution in [0.5, 0.6) is 11.5 Å². The summed E-state index contributed by atoms with van der Waals surface area (Å²) in [5, 5.41) is 0. The van der Waals surface area contributed by atoms with E-state index in [1.807, 2.05) is 13.8 Å². The van der Waals surface area contributed by atoms with E-state index >= 15 is 0 Å². The van der Waals surface area contributed by atoms with Gasteiger partial charge in [-0.3, -0.25) is 0 Å². The third-order valence-electron chi connectivity index (χ3n) is 3.67. The Labute approximate surface area is 144 Å². The molecule has 6 nitrogen and oxygen atoms in total. The highest BCUT2D eigenvalue weighted by atomic mass is 32.2. The molecular formula is C17H27NO5S. The van der Waals surface area contributed by atoms with Gasteiger partial charge in [-0.15, -0.1) is 0 Å². The van der Waals surface area contributed by atoms with Crippen molar-refractivity contribution in [2.75, 3.05) is 26.4 Å². The Morgan fingerprint density at radius 3 is 2.50 bits per heavy atom. The van der Waals surface area contributed by atoms with Gasteiger partial charge in [0.1, 0.15) is 0 Å². The minimum atomic E-state index is -3.60. The second-order valence-corrected chi connectivity index (χ2v) is 7.56. The Bertz CT molecular complexity index is 611. The molecule has 1 aromatic rings. The molecule has 1 fully saturated rings. The van der Waals surface area contributed by atoms with Crippen LogP contribution in [0.4, 0.5) is 0 Å². The van der Waals surface area contributed by atoms with Crippen LogP contribution < -0.4 is 14.2 Å². The summed E-state index contributed by atoms with van der Waals surface area (Å²) in [5.41, 5.74) is 0. The van der Waals surface area contributed by atoms with Crippen molar-refractivity contribution in [2.45, 2.75) is 50.5 Å². The van der Waals surface area contributed by atoms with Crippen LogP contribution in [-0.4, -0.2) is 40.9 Å². The fourth-order valence-corrected chi connectivity index (χ4v) is 3.48. The normalized spacial score (nSPS) is 17.8. The van der Waals surface area contributed by atoms with Gasteiger partial charge >= 0.3 is 0 Å². The van der Waals surface area contributed by atoms with E-state index in [-0.39, 0.29) is 11.0 Å². The summed E-state index contributed by atoms with van der Waals surface area (Å²) in [7, 11) is -3.60. The Morgan fingerprint density at radius 1 is 1.17 bits per heavy atom. The van der Waals surface area contributed by atoms with E-state index in [1.165, 1.54) is 6.07 Å². The van der Waals surface area contributed by atoms with Crippen molar-refractivity contribution in [1.29, 1.82) is 0 Å². The molecule has 0 unspecified atom stereocenters. The van der Waals surface area contributed by atoms with Gasteiger partial charge in [-0.05, 0) is 37.8 Å². The molecular weight excluding hydrogens is 330 g/mol. The van der Waals surface area contributed by atoms with Gasteiger partial charge in [-0.1, -0.05) is 13.8 Å². The van der Waals surface area contributed by atoms with Gasteiger partial charge in [-0.2, -0.15) is 0 Å². The molecule has 0 bridgehead atoms. The van der Waals surface area contributed by atoms with Crippen molar-refractivity contribution in [3.05, 3.63) is 18.2 Å². The zero-order valence-electron chi connectivity index (χ0n) is 14.4. The van der Waals surface area contributed by atoms with E-state index in [1.54, 1.807) is 12.1 Å². The molecule has 1 heterocycles. The van der Waals surface area contributed by atoms with Crippen LogP contribution in [0.1, 0.15) is 39.5 Å². The molecule has 1 aliphatic rings. The zero-order valence-corrected chi connectivity index (χ0v) is 15.2. The summed E-state index contributed by atoms with van der Waals surface area (Å²) in [6.07, 6.45) is 3.53. The number of sulfonamides is 1. The second kappa shape index (κ2) is 9.25.